The van der Waals surface area contributed by atoms with Crippen molar-refractivity contribution in [3.8, 4) is 0 Å². The summed E-state index contributed by atoms with van der Waals surface area (Å²) < 4.78 is 64.9. The van der Waals surface area contributed by atoms with Gasteiger partial charge in [-0.25, -0.2) is 8.42 Å². The van der Waals surface area contributed by atoms with E-state index >= 15 is 0 Å². The molecule has 4 rings (SSSR count). The first-order valence-corrected chi connectivity index (χ1v) is 23.0. The maximum Gasteiger partial charge on any atom is 1.00 e. The van der Waals surface area contributed by atoms with Crippen molar-refractivity contribution >= 4 is 26.4 Å². The van der Waals surface area contributed by atoms with E-state index in [1.165, 1.54) is 51.4 Å². The first-order chi connectivity index (χ1) is 23.9. The summed E-state index contributed by atoms with van der Waals surface area (Å²) in [6.45, 7) is 9.29. The van der Waals surface area contributed by atoms with Gasteiger partial charge in [0.25, 0.3) is 10.1 Å². The molecule has 10 atom stereocenters. The van der Waals surface area contributed by atoms with E-state index in [1.54, 1.807) is 0 Å². The number of nitrogens with one attached hydrogen (secondary N) is 1. The van der Waals surface area contributed by atoms with Gasteiger partial charge in [0, 0.05) is 13.0 Å². The zero-order valence-corrected chi connectivity index (χ0v) is 36.5. The van der Waals surface area contributed by atoms with Gasteiger partial charge in [0.1, 0.15) is 0 Å². The van der Waals surface area contributed by atoms with Crippen molar-refractivity contribution in [2.75, 3.05) is 18.9 Å². The Kier molecular flexibility index (Phi) is 20.6. The van der Waals surface area contributed by atoms with Gasteiger partial charge in [-0.2, -0.15) is 8.42 Å². The van der Waals surface area contributed by atoms with Crippen LogP contribution in [0.25, 0.3) is 0 Å². The summed E-state index contributed by atoms with van der Waals surface area (Å²) in [5, 5.41) is 24.2. The van der Waals surface area contributed by atoms with Crippen molar-refractivity contribution < 1.29 is 74.7 Å². The number of carbonyl (C=O) groups is 1. The van der Waals surface area contributed by atoms with E-state index < -0.39 is 26.3 Å². The summed E-state index contributed by atoms with van der Waals surface area (Å²) in [7, 11) is -8.55. The molecule has 4 saturated carbocycles. The predicted molar refractivity (Wildman–Crippen MR) is 198 cm³/mol. The third-order valence-corrected chi connectivity index (χ3v) is 14.8. The molecule has 4 fully saturated rings. The molecule has 0 spiro atoms. The number of carbonyl (C=O) groups excluding carboxylic acids is 1. The van der Waals surface area contributed by atoms with E-state index in [9.17, 15) is 36.4 Å². The average molecular weight is 788 g/mol. The monoisotopic (exact) mass is 787 g/mol. The number of aliphatic hydroxyl groups is 2. The Labute approximate surface area is 338 Å². The molecule has 4 aliphatic carbocycles. The van der Waals surface area contributed by atoms with Crippen LogP contribution < -0.4 is 34.9 Å². The summed E-state index contributed by atoms with van der Waals surface area (Å²) in [5.74, 6) is 2.10. The molecule has 1 amide bonds. The normalized spacial score (nSPS) is 33.3. The third-order valence-electron chi connectivity index (χ3n) is 13.7. The second-order valence-electron chi connectivity index (χ2n) is 17.0. The fourth-order valence-electron chi connectivity index (χ4n) is 10.9. The van der Waals surface area contributed by atoms with Gasteiger partial charge in [-0.15, -0.1) is 0 Å². The van der Waals surface area contributed by atoms with Gasteiger partial charge in [-0.05, 0) is 111 Å². The van der Waals surface area contributed by atoms with Crippen LogP contribution in [0.1, 0.15) is 156 Å². The fourth-order valence-corrected chi connectivity index (χ4v) is 11.6. The van der Waals surface area contributed by atoms with Crippen LogP contribution in [0.4, 0.5) is 0 Å². The van der Waals surface area contributed by atoms with Gasteiger partial charge in [0.05, 0.1) is 24.6 Å². The van der Waals surface area contributed by atoms with Gasteiger partial charge in [0.2, 0.25) is 16.3 Å². The van der Waals surface area contributed by atoms with E-state index in [0.29, 0.717) is 48.3 Å². The molecule has 2 unspecified atom stereocenters. The van der Waals surface area contributed by atoms with Gasteiger partial charge in [-0.1, -0.05) is 85.5 Å². The maximum atomic E-state index is 12.2. The first kappa shape index (κ1) is 48.3. The SMILES string of the molecule is CCCCCCCCCCCCOS(=O)(=O)[O-].C[C@H](CCC(=O)NCCS(=O)(=O)O)[C@H]1CCC2[C@H]3[C@H](O)CC4C[C@H](O)CC[C@]4(C)[C@@H]3CC[C@@]21C.[Na+]. The molecule has 4 N–H and O–H groups in total. The van der Waals surface area contributed by atoms with E-state index in [-0.39, 0.29) is 71.7 Å². The minimum Gasteiger partial charge on any atom is -0.726 e. The molecule has 11 nitrogen and oxygen atoms in total. The molecule has 0 saturated heterocycles. The van der Waals surface area contributed by atoms with Crippen molar-refractivity contribution in [1.29, 1.82) is 0 Å². The van der Waals surface area contributed by atoms with Crippen LogP contribution in [0, 0.1) is 46.3 Å². The first-order valence-electron chi connectivity index (χ1n) is 20.1. The van der Waals surface area contributed by atoms with Crippen molar-refractivity contribution in [2.24, 2.45) is 46.3 Å². The largest absolute Gasteiger partial charge is 1.00 e. The summed E-state index contributed by atoms with van der Waals surface area (Å²) in [5.41, 5.74) is 0.411. The Hall–Kier alpha value is 0.170. The van der Waals surface area contributed by atoms with E-state index in [0.717, 1.165) is 64.2 Å². The van der Waals surface area contributed by atoms with Gasteiger partial charge >= 0.3 is 29.6 Å². The zero-order valence-electron chi connectivity index (χ0n) is 32.9. The second-order valence-corrected chi connectivity index (χ2v) is 19.6. The minimum absolute atomic E-state index is 0. The van der Waals surface area contributed by atoms with Crippen LogP contribution in [-0.2, 0) is 29.5 Å². The van der Waals surface area contributed by atoms with Crippen LogP contribution in [-0.4, -0.2) is 73.2 Å². The molecule has 0 heterocycles. The van der Waals surface area contributed by atoms with Crippen molar-refractivity contribution in [3.05, 3.63) is 0 Å². The smallest absolute Gasteiger partial charge is 0.726 e. The number of fused-ring (bicyclic) bond motifs is 5. The standard InChI is InChI=1S/C26H45NO6S.C12H26O4S.Na/c1-16(4-7-23(30)27-12-13-34(31,32)33)19-5-6-20-24-21(9-11-26(19,20)3)25(2)10-8-18(28)14-17(25)15-22(24)29;1-2-3-4-5-6-7-8-9-10-11-12-16-17(13,14)15;/h16-22,24,28-29H,4-15H2,1-3H3,(H,27,30)(H,31,32,33);2-12H2,1H3,(H,13,14,15);/q;;+1/p-1/t16-,17?,18-,19-,20?,21-,22-,24-,25+,26-;;/m1../s1. The van der Waals surface area contributed by atoms with Gasteiger partial charge < -0.3 is 20.1 Å². The third kappa shape index (κ3) is 14.6. The molecule has 0 bridgehead atoms. The number of hydrogen-bond acceptors (Lipinski definition) is 9. The number of unbranched alkanes of at least 4 members (excludes halogenated alkanes) is 9. The summed E-state index contributed by atoms with van der Waals surface area (Å²) in [6.07, 6.45) is 20.6. The molecule has 300 valence electrons. The molecule has 0 aromatic rings. The van der Waals surface area contributed by atoms with Crippen molar-refractivity contribution in [2.45, 2.75) is 168 Å². The van der Waals surface area contributed by atoms with E-state index in [1.807, 2.05) is 0 Å². The molecule has 0 radical (unpaired) electrons. The number of hydrogen-bond donors (Lipinski definition) is 4. The summed E-state index contributed by atoms with van der Waals surface area (Å²) in [6, 6.07) is 0. The summed E-state index contributed by atoms with van der Waals surface area (Å²) >= 11 is 0. The fraction of sp³-hybridized carbons (Fsp3) is 0.974. The Morgan fingerprint density at radius 1 is 0.865 bits per heavy atom. The minimum atomic E-state index is -4.48. The Morgan fingerprint density at radius 3 is 2.04 bits per heavy atom. The molecule has 0 aromatic carbocycles. The predicted octanol–water partition coefficient (Wildman–Crippen LogP) is 3.79. The van der Waals surface area contributed by atoms with Gasteiger partial charge in [0.15, 0.2) is 0 Å². The number of rotatable bonds is 19. The molecule has 0 aliphatic heterocycles. The molecule has 4 aliphatic rings. The van der Waals surface area contributed by atoms with Crippen LogP contribution in [0.15, 0.2) is 0 Å². The zero-order chi connectivity index (χ0) is 37.9. The van der Waals surface area contributed by atoms with E-state index in [2.05, 4.69) is 37.2 Å². The molecule has 52 heavy (non-hydrogen) atoms. The van der Waals surface area contributed by atoms with Crippen molar-refractivity contribution in [3.63, 3.8) is 0 Å². The molecular formula is C38H70NNaO10S2. The van der Waals surface area contributed by atoms with Gasteiger partial charge in [-0.3, -0.25) is 13.5 Å². The number of aliphatic hydroxyl groups excluding tert-OH is 2. The Balaban J connectivity index is 0.000000444. The maximum absolute atomic E-state index is 12.2. The van der Waals surface area contributed by atoms with Crippen LogP contribution in [0.5, 0.6) is 0 Å². The Morgan fingerprint density at radius 2 is 1.44 bits per heavy atom. The van der Waals surface area contributed by atoms with Crippen molar-refractivity contribution in [1.82, 2.24) is 5.32 Å². The number of amides is 1. The molecule has 0 aromatic heterocycles. The second kappa shape index (κ2) is 22.2. The van der Waals surface area contributed by atoms with Crippen LogP contribution in [0.3, 0.4) is 0 Å². The summed E-state index contributed by atoms with van der Waals surface area (Å²) in [4.78, 5) is 12.2. The molecule has 14 heteroatoms. The Bertz CT molecular complexity index is 1290. The van der Waals surface area contributed by atoms with Crippen LogP contribution in [0.2, 0.25) is 0 Å². The van der Waals surface area contributed by atoms with Crippen LogP contribution >= 0.6 is 0 Å². The average Bonchev–Trinajstić information content (AvgIpc) is 3.40. The van der Waals surface area contributed by atoms with E-state index in [4.69, 9.17) is 4.55 Å². The molecular weight excluding hydrogens is 718 g/mol. The topological polar surface area (TPSA) is 190 Å². The quantitative estimate of drug-likeness (QED) is 0.0649.